The molecule has 124 valence electrons. The number of hydrogen-bond donors (Lipinski definition) is 2. The molecule has 3 aromatic rings. The molecule has 0 unspecified atom stereocenters. The normalized spacial score (nSPS) is 11.7. The van der Waals surface area contributed by atoms with Crippen LogP contribution >= 0.6 is 11.6 Å². The van der Waals surface area contributed by atoms with E-state index in [4.69, 9.17) is 11.6 Å². The first-order valence-corrected chi connectivity index (χ1v) is 7.44. The average Bonchev–Trinajstić information content (AvgIpc) is 2.89. The lowest BCUT2D eigenvalue weighted by molar-refractivity contribution is -0.137. The van der Waals surface area contributed by atoms with Crippen LogP contribution in [-0.4, -0.2) is 10.9 Å². The van der Waals surface area contributed by atoms with Crippen LogP contribution in [-0.2, 0) is 17.4 Å². The van der Waals surface area contributed by atoms with Crippen LogP contribution in [0.3, 0.4) is 0 Å². The van der Waals surface area contributed by atoms with Crippen molar-refractivity contribution >= 4 is 34.1 Å². The Kier molecular flexibility index (Phi) is 4.24. The Balaban J connectivity index is 1.82. The third kappa shape index (κ3) is 3.38. The SMILES string of the molecule is O=C(Cc1c[nH]c2ccc(Cl)cc12)Nc1ccccc1C(F)(F)F. The zero-order valence-electron chi connectivity index (χ0n) is 12.2. The number of hydrogen-bond acceptors (Lipinski definition) is 1. The number of para-hydroxylation sites is 1. The van der Waals surface area contributed by atoms with E-state index in [-0.39, 0.29) is 12.1 Å². The van der Waals surface area contributed by atoms with E-state index in [1.165, 1.54) is 18.2 Å². The lowest BCUT2D eigenvalue weighted by atomic mass is 10.1. The van der Waals surface area contributed by atoms with E-state index in [9.17, 15) is 18.0 Å². The number of halogens is 4. The summed E-state index contributed by atoms with van der Waals surface area (Å²) in [5.41, 5.74) is 0.334. The van der Waals surface area contributed by atoms with Gasteiger partial charge in [-0.05, 0) is 35.9 Å². The maximum absolute atomic E-state index is 13.0. The minimum atomic E-state index is -4.53. The molecule has 0 saturated carbocycles. The molecule has 1 aromatic heterocycles. The summed E-state index contributed by atoms with van der Waals surface area (Å²) in [4.78, 5) is 15.2. The van der Waals surface area contributed by atoms with Gasteiger partial charge in [0.25, 0.3) is 0 Å². The van der Waals surface area contributed by atoms with Crippen LogP contribution in [0.2, 0.25) is 5.02 Å². The van der Waals surface area contributed by atoms with Gasteiger partial charge in [0.15, 0.2) is 0 Å². The van der Waals surface area contributed by atoms with Gasteiger partial charge in [-0.25, -0.2) is 0 Å². The third-order valence-electron chi connectivity index (χ3n) is 3.59. The Hall–Kier alpha value is -2.47. The highest BCUT2D eigenvalue weighted by Gasteiger charge is 2.33. The maximum atomic E-state index is 13.0. The molecule has 0 aliphatic carbocycles. The van der Waals surface area contributed by atoms with Crippen LogP contribution < -0.4 is 5.32 Å². The smallest absolute Gasteiger partial charge is 0.361 e. The lowest BCUT2D eigenvalue weighted by Crippen LogP contribution is -2.18. The molecule has 3 nitrogen and oxygen atoms in total. The van der Waals surface area contributed by atoms with Gasteiger partial charge in [-0.2, -0.15) is 13.2 Å². The Morgan fingerprint density at radius 3 is 2.67 bits per heavy atom. The first kappa shape index (κ1) is 16.4. The molecular formula is C17H12ClF3N2O. The van der Waals surface area contributed by atoms with Crippen molar-refractivity contribution in [1.82, 2.24) is 4.98 Å². The second kappa shape index (κ2) is 6.20. The second-order valence-corrected chi connectivity index (χ2v) is 5.71. The molecule has 0 aliphatic heterocycles. The highest BCUT2D eigenvalue weighted by molar-refractivity contribution is 6.31. The van der Waals surface area contributed by atoms with Crippen molar-refractivity contribution in [3.8, 4) is 0 Å². The Bertz CT molecular complexity index is 902. The summed E-state index contributed by atoms with van der Waals surface area (Å²) >= 11 is 5.95. The number of carbonyl (C=O) groups excluding carboxylic acids is 1. The van der Waals surface area contributed by atoms with Crippen molar-refractivity contribution in [3.63, 3.8) is 0 Å². The molecule has 0 radical (unpaired) electrons. The van der Waals surface area contributed by atoms with Crippen LogP contribution in [0.15, 0.2) is 48.7 Å². The minimum absolute atomic E-state index is 0.0630. The average molecular weight is 353 g/mol. The number of nitrogens with one attached hydrogen (secondary N) is 2. The number of anilines is 1. The van der Waals surface area contributed by atoms with Gasteiger partial charge in [-0.3, -0.25) is 4.79 Å². The molecule has 0 bridgehead atoms. The Labute approximate surface area is 140 Å². The van der Waals surface area contributed by atoms with E-state index >= 15 is 0 Å². The van der Waals surface area contributed by atoms with Gasteiger partial charge in [0, 0.05) is 22.1 Å². The first-order chi connectivity index (χ1) is 11.3. The van der Waals surface area contributed by atoms with E-state index in [1.54, 1.807) is 24.4 Å². The van der Waals surface area contributed by atoms with Crippen LogP contribution in [0.5, 0.6) is 0 Å². The zero-order chi connectivity index (χ0) is 17.3. The van der Waals surface area contributed by atoms with E-state index in [0.717, 1.165) is 17.0 Å². The van der Waals surface area contributed by atoms with Crippen LogP contribution in [0.25, 0.3) is 10.9 Å². The highest BCUT2D eigenvalue weighted by Crippen LogP contribution is 2.34. The lowest BCUT2D eigenvalue weighted by Gasteiger charge is -2.13. The van der Waals surface area contributed by atoms with Gasteiger partial charge in [0.05, 0.1) is 17.7 Å². The fraction of sp³-hybridized carbons (Fsp3) is 0.118. The maximum Gasteiger partial charge on any atom is 0.418 e. The monoisotopic (exact) mass is 352 g/mol. The Morgan fingerprint density at radius 2 is 1.92 bits per heavy atom. The fourth-order valence-electron chi connectivity index (χ4n) is 2.50. The molecule has 7 heteroatoms. The number of amides is 1. The Morgan fingerprint density at radius 1 is 1.17 bits per heavy atom. The predicted octanol–water partition coefficient (Wildman–Crippen LogP) is 5.02. The summed E-state index contributed by atoms with van der Waals surface area (Å²) in [6.07, 6.45) is -2.94. The van der Waals surface area contributed by atoms with Crippen LogP contribution in [0, 0.1) is 0 Å². The van der Waals surface area contributed by atoms with Gasteiger partial charge >= 0.3 is 6.18 Å². The number of alkyl halides is 3. The molecule has 0 spiro atoms. The predicted molar refractivity (Wildman–Crippen MR) is 87.1 cm³/mol. The van der Waals surface area contributed by atoms with Gasteiger partial charge < -0.3 is 10.3 Å². The molecule has 1 amide bonds. The van der Waals surface area contributed by atoms with Crippen molar-refractivity contribution in [3.05, 3.63) is 64.8 Å². The van der Waals surface area contributed by atoms with Gasteiger partial charge in [0.2, 0.25) is 5.91 Å². The summed E-state index contributed by atoms with van der Waals surface area (Å²) in [7, 11) is 0. The molecule has 2 N–H and O–H groups in total. The van der Waals surface area contributed by atoms with E-state index in [1.807, 2.05) is 0 Å². The van der Waals surface area contributed by atoms with Gasteiger partial charge in [0.1, 0.15) is 0 Å². The molecule has 24 heavy (non-hydrogen) atoms. The molecule has 3 rings (SSSR count). The van der Waals surface area contributed by atoms with Crippen LogP contribution in [0.1, 0.15) is 11.1 Å². The number of rotatable bonds is 3. The first-order valence-electron chi connectivity index (χ1n) is 7.06. The van der Waals surface area contributed by atoms with Gasteiger partial charge in [-0.1, -0.05) is 23.7 Å². The summed E-state index contributed by atoms with van der Waals surface area (Å²) < 4.78 is 38.9. The molecular weight excluding hydrogens is 341 g/mol. The molecule has 0 aliphatic rings. The zero-order valence-corrected chi connectivity index (χ0v) is 13.0. The molecule has 0 fully saturated rings. The summed E-state index contributed by atoms with van der Waals surface area (Å²) in [5.74, 6) is -0.535. The topological polar surface area (TPSA) is 44.9 Å². The van der Waals surface area contributed by atoms with Crippen molar-refractivity contribution in [2.75, 3.05) is 5.32 Å². The van der Waals surface area contributed by atoms with Crippen molar-refractivity contribution in [1.29, 1.82) is 0 Å². The van der Waals surface area contributed by atoms with E-state index < -0.39 is 17.6 Å². The summed E-state index contributed by atoms with van der Waals surface area (Å²) in [5, 5.41) is 3.61. The second-order valence-electron chi connectivity index (χ2n) is 5.27. The molecule has 0 atom stereocenters. The molecule has 2 aromatic carbocycles. The summed E-state index contributed by atoms with van der Waals surface area (Å²) in [6.45, 7) is 0. The number of benzene rings is 2. The number of H-pyrrole nitrogens is 1. The largest absolute Gasteiger partial charge is 0.418 e. The number of aromatic nitrogens is 1. The fourth-order valence-corrected chi connectivity index (χ4v) is 2.68. The van der Waals surface area contributed by atoms with E-state index in [0.29, 0.717) is 10.6 Å². The number of fused-ring (bicyclic) bond motifs is 1. The standard InChI is InChI=1S/C17H12ClF3N2O/c18-11-5-6-14-12(8-11)10(9-22-14)7-16(24)23-15-4-2-1-3-13(15)17(19,20)21/h1-6,8-9,22H,7H2,(H,23,24). The summed E-state index contributed by atoms with van der Waals surface area (Å²) in [6, 6.07) is 10.1. The number of aromatic amines is 1. The molecule has 0 saturated heterocycles. The highest BCUT2D eigenvalue weighted by atomic mass is 35.5. The van der Waals surface area contributed by atoms with E-state index in [2.05, 4.69) is 10.3 Å². The third-order valence-corrected chi connectivity index (χ3v) is 3.82. The number of carbonyl (C=O) groups is 1. The van der Waals surface area contributed by atoms with Crippen molar-refractivity contribution in [2.24, 2.45) is 0 Å². The quantitative estimate of drug-likeness (QED) is 0.683. The minimum Gasteiger partial charge on any atom is -0.361 e. The van der Waals surface area contributed by atoms with Crippen molar-refractivity contribution < 1.29 is 18.0 Å². The van der Waals surface area contributed by atoms with Crippen molar-refractivity contribution in [2.45, 2.75) is 12.6 Å². The molecule has 1 heterocycles. The van der Waals surface area contributed by atoms with Crippen LogP contribution in [0.4, 0.5) is 18.9 Å². The van der Waals surface area contributed by atoms with Gasteiger partial charge in [-0.15, -0.1) is 0 Å².